The summed E-state index contributed by atoms with van der Waals surface area (Å²) in [6, 6.07) is 0.584. The van der Waals surface area contributed by atoms with Crippen molar-refractivity contribution < 1.29 is 0 Å². The van der Waals surface area contributed by atoms with Crippen LogP contribution in [-0.4, -0.2) is 18.5 Å². The molecule has 0 radical (unpaired) electrons. The third-order valence-electron chi connectivity index (χ3n) is 5.31. The predicted octanol–water partition coefficient (Wildman–Crippen LogP) is 3.42. The second-order valence-corrected chi connectivity index (χ2v) is 6.67. The molecular formula is C15H28IN3. The Morgan fingerprint density at radius 2 is 1.74 bits per heavy atom. The van der Waals surface area contributed by atoms with E-state index in [0.29, 0.717) is 17.4 Å². The number of aliphatic imine (C=N–C) groups is 1. The smallest absolute Gasteiger partial charge is 0.188 e. The molecule has 0 heterocycles. The zero-order valence-corrected chi connectivity index (χ0v) is 14.2. The van der Waals surface area contributed by atoms with Crippen LogP contribution in [0.25, 0.3) is 0 Å². The number of rotatable bonds is 4. The Labute approximate surface area is 134 Å². The lowest BCUT2D eigenvalue weighted by molar-refractivity contribution is 0.113. The van der Waals surface area contributed by atoms with Crippen molar-refractivity contribution in [2.24, 2.45) is 22.1 Å². The van der Waals surface area contributed by atoms with Gasteiger partial charge in [0.05, 0.1) is 0 Å². The van der Waals surface area contributed by atoms with Crippen molar-refractivity contribution in [1.82, 2.24) is 5.32 Å². The minimum absolute atomic E-state index is 0. The second kappa shape index (κ2) is 6.64. The Morgan fingerprint density at radius 3 is 2.26 bits per heavy atom. The summed E-state index contributed by atoms with van der Waals surface area (Å²) in [5.74, 6) is 1.67. The maximum Gasteiger partial charge on any atom is 0.188 e. The highest BCUT2D eigenvalue weighted by Gasteiger charge is 2.48. The predicted molar refractivity (Wildman–Crippen MR) is 90.9 cm³/mol. The molecule has 0 aromatic heterocycles. The molecule has 0 aliphatic heterocycles. The number of nitrogens with zero attached hydrogens (tertiary/aromatic N) is 1. The van der Waals surface area contributed by atoms with Crippen molar-refractivity contribution in [2.45, 2.75) is 70.3 Å². The van der Waals surface area contributed by atoms with Gasteiger partial charge >= 0.3 is 0 Å². The van der Waals surface area contributed by atoms with Crippen LogP contribution in [-0.2, 0) is 0 Å². The van der Waals surface area contributed by atoms with Gasteiger partial charge in [-0.2, -0.15) is 0 Å². The molecular weight excluding hydrogens is 349 g/mol. The van der Waals surface area contributed by atoms with Crippen LogP contribution in [0.5, 0.6) is 0 Å². The summed E-state index contributed by atoms with van der Waals surface area (Å²) >= 11 is 0. The molecule has 3 aliphatic carbocycles. The summed E-state index contributed by atoms with van der Waals surface area (Å²) in [6.45, 7) is 0.975. The molecule has 0 unspecified atom stereocenters. The summed E-state index contributed by atoms with van der Waals surface area (Å²) < 4.78 is 0. The highest BCUT2D eigenvalue weighted by atomic mass is 127. The minimum atomic E-state index is 0. The van der Waals surface area contributed by atoms with Gasteiger partial charge in [0, 0.05) is 12.6 Å². The molecule has 0 bridgehead atoms. The van der Waals surface area contributed by atoms with Gasteiger partial charge in [-0.3, -0.25) is 4.99 Å². The van der Waals surface area contributed by atoms with Crippen LogP contribution < -0.4 is 11.1 Å². The first-order valence-electron chi connectivity index (χ1n) is 7.85. The molecule has 4 heteroatoms. The third-order valence-corrected chi connectivity index (χ3v) is 5.31. The van der Waals surface area contributed by atoms with E-state index in [1.165, 1.54) is 64.2 Å². The number of nitrogens with two attached hydrogens (primary N) is 1. The van der Waals surface area contributed by atoms with Gasteiger partial charge in [0.1, 0.15) is 0 Å². The Bertz CT molecular complexity index is 315. The lowest BCUT2D eigenvalue weighted by atomic mass is 9.65. The van der Waals surface area contributed by atoms with E-state index in [1.54, 1.807) is 0 Å². The molecule has 0 spiro atoms. The van der Waals surface area contributed by atoms with Crippen LogP contribution in [0.4, 0.5) is 0 Å². The molecule has 110 valence electrons. The topological polar surface area (TPSA) is 50.4 Å². The van der Waals surface area contributed by atoms with E-state index < -0.39 is 0 Å². The molecule has 0 saturated heterocycles. The number of guanidine groups is 1. The molecule has 3 fully saturated rings. The minimum Gasteiger partial charge on any atom is -0.370 e. The molecule has 3 saturated carbocycles. The van der Waals surface area contributed by atoms with E-state index in [9.17, 15) is 0 Å². The number of nitrogens with one attached hydrogen (secondary N) is 1. The summed E-state index contributed by atoms with van der Waals surface area (Å²) in [6.07, 6.45) is 13.7. The average Bonchev–Trinajstić information content (AvgIpc) is 3.14. The molecule has 0 aromatic rings. The SMILES string of the molecule is I.NC(=NCC1(C2CC2)CCC1)NC1CCCCC1. The molecule has 3 rings (SSSR count). The lowest BCUT2D eigenvalue weighted by Gasteiger charge is -2.41. The number of halogens is 1. The Morgan fingerprint density at radius 1 is 1.05 bits per heavy atom. The summed E-state index contributed by atoms with van der Waals surface area (Å²) in [7, 11) is 0. The van der Waals surface area contributed by atoms with Gasteiger partial charge < -0.3 is 11.1 Å². The van der Waals surface area contributed by atoms with Crippen LogP contribution in [0.3, 0.4) is 0 Å². The Kier molecular flexibility index (Phi) is 5.37. The molecule has 0 amide bonds. The van der Waals surface area contributed by atoms with Crippen LogP contribution in [0, 0.1) is 11.3 Å². The number of hydrogen-bond acceptors (Lipinski definition) is 1. The van der Waals surface area contributed by atoms with Gasteiger partial charge in [0.15, 0.2) is 5.96 Å². The van der Waals surface area contributed by atoms with Crippen LogP contribution in [0.2, 0.25) is 0 Å². The van der Waals surface area contributed by atoms with Gasteiger partial charge in [-0.15, -0.1) is 24.0 Å². The van der Waals surface area contributed by atoms with Crippen molar-refractivity contribution in [3.63, 3.8) is 0 Å². The lowest BCUT2D eigenvalue weighted by Crippen LogP contribution is -2.42. The molecule has 3 aliphatic rings. The van der Waals surface area contributed by atoms with Crippen LogP contribution in [0.15, 0.2) is 4.99 Å². The van der Waals surface area contributed by atoms with Gasteiger partial charge in [0.25, 0.3) is 0 Å². The first-order valence-corrected chi connectivity index (χ1v) is 7.85. The largest absolute Gasteiger partial charge is 0.370 e. The third kappa shape index (κ3) is 3.76. The Balaban J connectivity index is 0.00000133. The van der Waals surface area contributed by atoms with Crippen molar-refractivity contribution in [1.29, 1.82) is 0 Å². The van der Waals surface area contributed by atoms with E-state index in [-0.39, 0.29) is 24.0 Å². The van der Waals surface area contributed by atoms with Gasteiger partial charge in [0.2, 0.25) is 0 Å². The van der Waals surface area contributed by atoms with E-state index in [1.807, 2.05) is 0 Å². The van der Waals surface area contributed by atoms with Crippen molar-refractivity contribution in [3.05, 3.63) is 0 Å². The molecule has 0 aromatic carbocycles. The van der Waals surface area contributed by atoms with Gasteiger partial charge in [-0.05, 0) is 49.9 Å². The average molecular weight is 377 g/mol. The molecule has 3 N–H and O–H groups in total. The zero-order chi connectivity index (χ0) is 12.4. The van der Waals surface area contributed by atoms with E-state index in [4.69, 9.17) is 5.73 Å². The highest BCUT2D eigenvalue weighted by Crippen LogP contribution is 2.57. The monoisotopic (exact) mass is 377 g/mol. The summed E-state index contributed by atoms with van der Waals surface area (Å²) in [5.41, 5.74) is 6.60. The molecule has 0 atom stereocenters. The van der Waals surface area contributed by atoms with E-state index in [0.717, 1.165) is 12.5 Å². The fraction of sp³-hybridized carbons (Fsp3) is 0.933. The second-order valence-electron chi connectivity index (χ2n) is 6.67. The summed E-state index contributed by atoms with van der Waals surface area (Å²) in [5, 5.41) is 3.43. The van der Waals surface area contributed by atoms with Crippen LogP contribution in [0.1, 0.15) is 64.2 Å². The maximum absolute atomic E-state index is 6.05. The zero-order valence-electron chi connectivity index (χ0n) is 11.9. The fourth-order valence-electron chi connectivity index (χ4n) is 3.77. The summed E-state index contributed by atoms with van der Waals surface area (Å²) in [4.78, 5) is 4.66. The van der Waals surface area contributed by atoms with Crippen molar-refractivity contribution in [2.75, 3.05) is 6.54 Å². The molecule has 3 nitrogen and oxygen atoms in total. The van der Waals surface area contributed by atoms with Crippen molar-refractivity contribution in [3.8, 4) is 0 Å². The highest BCUT2D eigenvalue weighted by molar-refractivity contribution is 14.0. The normalized spacial score (nSPS) is 27.3. The standard InChI is InChI=1S/C15H27N3.HI/c16-14(18-13-5-2-1-3-6-13)17-11-15(9-4-10-15)12-7-8-12;/h12-13H,1-11H2,(H3,16,17,18);1H. The van der Waals surface area contributed by atoms with E-state index in [2.05, 4.69) is 10.3 Å². The fourth-order valence-corrected chi connectivity index (χ4v) is 3.77. The molecule has 19 heavy (non-hydrogen) atoms. The number of hydrogen-bond donors (Lipinski definition) is 2. The maximum atomic E-state index is 6.05. The quantitative estimate of drug-likeness (QED) is 0.448. The van der Waals surface area contributed by atoms with Gasteiger partial charge in [-0.25, -0.2) is 0 Å². The van der Waals surface area contributed by atoms with E-state index >= 15 is 0 Å². The first-order chi connectivity index (χ1) is 8.78. The van der Waals surface area contributed by atoms with Crippen molar-refractivity contribution >= 4 is 29.9 Å². The van der Waals surface area contributed by atoms with Gasteiger partial charge in [-0.1, -0.05) is 25.7 Å². The Hall–Kier alpha value is 0. The first kappa shape index (κ1) is 15.4. The van der Waals surface area contributed by atoms with Crippen LogP contribution >= 0.6 is 24.0 Å².